The highest BCUT2D eigenvalue weighted by atomic mass is 32.2. The van der Waals surface area contributed by atoms with Crippen molar-refractivity contribution in [1.82, 2.24) is 14.1 Å². The number of piperidine rings is 1. The van der Waals surface area contributed by atoms with Gasteiger partial charge in [-0.3, -0.25) is 4.79 Å². The quantitative estimate of drug-likeness (QED) is 0.647. The summed E-state index contributed by atoms with van der Waals surface area (Å²) in [6, 6.07) is 5.65. The molecule has 1 saturated carbocycles. The van der Waals surface area contributed by atoms with E-state index in [0.29, 0.717) is 18.0 Å². The molecule has 3 fully saturated rings. The topological polar surface area (TPSA) is 60.9 Å². The Morgan fingerprint density at radius 3 is 2.52 bits per heavy atom. The maximum atomic E-state index is 13.3. The van der Waals surface area contributed by atoms with Crippen molar-refractivity contribution in [3.8, 4) is 0 Å². The van der Waals surface area contributed by atoms with Crippen molar-refractivity contribution in [2.75, 3.05) is 39.3 Å². The molecule has 0 aromatic heterocycles. The van der Waals surface area contributed by atoms with Crippen molar-refractivity contribution in [2.45, 2.75) is 68.7 Å². The van der Waals surface area contributed by atoms with E-state index < -0.39 is 10.0 Å². The molecule has 0 spiro atoms. The van der Waals surface area contributed by atoms with E-state index in [9.17, 15) is 13.2 Å². The Kier molecular flexibility index (Phi) is 6.10. The fourth-order valence-corrected chi connectivity index (χ4v) is 7.05. The van der Waals surface area contributed by atoms with E-state index in [1.807, 2.05) is 17.0 Å². The smallest absolute Gasteiger partial charge is 0.243 e. The highest BCUT2D eigenvalue weighted by molar-refractivity contribution is 7.89. The summed E-state index contributed by atoms with van der Waals surface area (Å²) in [6.07, 6.45) is 9.64. The molecule has 2 aliphatic carbocycles. The normalized spacial score (nSPS) is 25.0. The van der Waals surface area contributed by atoms with Gasteiger partial charge in [0.15, 0.2) is 0 Å². The van der Waals surface area contributed by atoms with E-state index in [4.69, 9.17) is 0 Å². The van der Waals surface area contributed by atoms with Crippen LogP contribution in [0.15, 0.2) is 23.1 Å². The van der Waals surface area contributed by atoms with E-state index in [2.05, 4.69) is 4.90 Å². The van der Waals surface area contributed by atoms with Crippen molar-refractivity contribution >= 4 is 15.9 Å². The zero-order valence-electron chi connectivity index (χ0n) is 18.5. The van der Waals surface area contributed by atoms with Gasteiger partial charge in [0.25, 0.3) is 0 Å². The number of sulfonamides is 1. The molecule has 2 aliphatic heterocycles. The molecule has 31 heavy (non-hydrogen) atoms. The summed E-state index contributed by atoms with van der Waals surface area (Å²) in [5, 5.41) is 0. The van der Waals surface area contributed by atoms with E-state index in [0.717, 1.165) is 64.7 Å². The highest BCUT2D eigenvalue weighted by Gasteiger charge is 2.41. The second-order valence-corrected chi connectivity index (χ2v) is 11.7. The third kappa shape index (κ3) is 4.55. The summed E-state index contributed by atoms with van der Waals surface area (Å²) >= 11 is 0. The van der Waals surface area contributed by atoms with E-state index in [-0.39, 0.29) is 17.9 Å². The van der Waals surface area contributed by atoms with E-state index >= 15 is 0 Å². The lowest BCUT2D eigenvalue weighted by atomic mass is 10.1. The first-order chi connectivity index (χ1) is 15.0. The predicted octanol–water partition coefficient (Wildman–Crippen LogP) is 2.66. The van der Waals surface area contributed by atoms with Crippen LogP contribution in [0, 0.1) is 5.92 Å². The van der Waals surface area contributed by atoms with E-state index in [1.165, 1.54) is 30.4 Å². The van der Waals surface area contributed by atoms with Crippen molar-refractivity contribution < 1.29 is 13.2 Å². The van der Waals surface area contributed by atoms with Gasteiger partial charge in [-0.2, -0.15) is 4.31 Å². The summed E-state index contributed by atoms with van der Waals surface area (Å²) in [5.41, 5.74) is 2.47. The van der Waals surface area contributed by atoms with Gasteiger partial charge in [0.05, 0.1) is 4.90 Å². The number of hydrogen-bond acceptors (Lipinski definition) is 4. The third-order valence-electron chi connectivity index (χ3n) is 7.59. The number of aryl methyl sites for hydroxylation is 2. The number of amides is 1. The van der Waals surface area contributed by atoms with Crippen molar-refractivity contribution in [3.05, 3.63) is 29.3 Å². The highest BCUT2D eigenvalue weighted by Crippen LogP contribution is 2.34. The van der Waals surface area contributed by atoms with Crippen molar-refractivity contribution in [1.29, 1.82) is 0 Å². The van der Waals surface area contributed by atoms with Crippen LogP contribution in [0.25, 0.3) is 0 Å². The van der Waals surface area contributed by atoms with Gasteiger partial charge in [-0.05, 0) is 87.7 Å². The zero-order valence-corrected chi connectivity index (χ0v) is 19.3. The SMILES string of the molecule is O=C(C1CC1)N(CCN1CCCCC1)C1CCN(S(=O)(=O)c2ccc3c(c2)CCC3)C1. The Morgan fingerprint density at radius 1 is 0.968 bits per heavy atom. The van der Waals surface area contributed by atoms with Crippen LogP contribution < -0.4 is 0 Å². The first-order valence-corrected chi connectivity index (χ1v) is 13.6. The zero-order chi connectivity index (χ0) is 21.4. The third-order valence-corrected chi connectivity index (χ3v) is 9.45. The minimum absolute atomic E-state index is 0.00194. The molecule has 2 heterocycles. The number of rotatable bonds is 7. The Hall–Kier alpha value is -1.44. The summed E-state index contributed by atoms with van der Waals surface area (Å²) in [7, 11) is -3.51. The Balaban J connectivity index is 1.27. The molecule has 7 heteroatoms. The second-order valence-electron chi connectivity index (χ2n) is 9.80. The lowest BCUT2D eigenvalue weighted by molar-refractivity contribution is -0.134. The summed E-state index contributed by atoms with van der Waals surface area (Å²) in [5.74, 6) is 0.419. The fourth-order valence-electron chi connectivity index (χ4n) is 5.51. The Bertz CT molecular complexity index is 922. The molecule has 2 saturated heterocycles. The minimum atomic E-state index is -3.51. The number of carbonyl (C=O) groups is 1. The fraction of sp³-hybridized carbons (Fsp3) is 0.708. The van der Waals surface area contributed by atoms with Gasteiger partial charge in [-0.25, -0.2) is 8.42 Å². The van der Waals surface area contributed by atoms with Gasteiger partial charge < -0.3 is 9.80 Å². The van der Waals surface area contributed by atoms with Crippen LogP contribution in [-0.2, 0) is 27.7 Å². The standard InChI is InChI=1S/C24H35N3O3S/c28-24(20-7-8-20)27(16-15-25-12-2-1-3-13-25)22-11-14-26(18-22)31(29,30)23-10-9-19-5-4-6-21(19)17-23/h9-10,17,20,22H,1-8,11-16,18H2. The van der Waals surface area contributed by atoms with Crippen LogP contribution in [0.1, 0.15) is 56.1 Å². The first kappa shape index (κ1) is 21.4. The largest absolute Gasteiger partial charge is 0.337 e. The molecule has 1 amide bonds. The monoisotopic (exact) mass is 445 g/mol. The first-order valence-electron chi connectivity index (χ1n) is 12.2. The lowest BCUT2D eigenvalue weighted by Crippen LogP contribution is -2.47. The summed E-state index contributed by atoms with van der Waals surface area (Å²) in [6.45, 7) is 4.81. The number of fused-ring (bicyclic) bond motifs is 1. The second kappa shape index (κ2) is 8.83. The van der Waals surface area contributed by atoms with Crippen LogP contribution in [0.5, 0.6) is 0 Å². The maximum Gasteiger partial charge on any atom is 0.243 e. The summed E-state index contributed by atoms with van der Waals surface area (Å²) < 4.78 is 28.3. The Labute approximate surface area is 186 Å². The molecule has 1 aromatic carbocycles. The molecule has 1 aromatic rings. The molecule has 4 aliphatic rings. The average molecular weight is 446 g/mol. The van der Waals surface area contributed by atoms with Gasteiger partial charge in [0.1, 0.15) is 0 Å². The molecule has 170 valence electrons. The van der Waals surface area contributed by atoms with Gasteiger partial charge in [-0.15, -0.1) is 0 Å². The van der Waals surface area contributed by atoms with Gasteiger partial charge >= 0.3 is 0 Å². The Morgan fingerprint density at radius 2 is 1.74 bits per heavy atom. The van der Waals surface area contributed by atoms with Crippen LogP contribution >= 0.6 is 0 Å². The number of nitrogens with zero attached hydrogens (tertiary/aromatic N) is 3. The van der Waals surface area contributed by atoms with Crippen LogP contribution in [-0.4, -0.2) is 73.7 Å². The van der Waals surface area contributed by atoms with Gasteiger partial charge in [0, 0.05) is 38.1 Å². The van der Waals surface area contributed by atoms with Crippen LogP contribution in [0.2, 0.25) is 0 Å². The average Bonchev–Trinajstić information content (AvgIpc) is 3.32. The molecule has 0 radical (unpaired) electrons. The van der Waals surface area contributed by atoms with Crippen molar-refractivity contribution in [3.63, 3.8) is 0 Å². The molecule has 1 unspecified atom stereocenters. The molecule has 0 bridgehead atoms. The lowest BCUT2D eigenvalue weighted by Gasteiger charge is -2.33. The molecule has 6 nitrogen and oxygen atoms in total. The molecular formula is C24H35N3O3S. The molecular weight excluding hydrogens is 410 g/mol. The van der Waals surface area contributed by atoms with E-state index in [1.54, 1.807) is 10.4 Å². The minimum Gasteiger partial charge on any atom is -0.337 e. The predicted molar refractivity (Wildman–Crippen MR) is 120 cm³/mol. The summed E-state index contributed by atoms with van der Waals surface area (Å²) in [4.78, 5) is 18.0. The molecule has 0 N–H and O–H groups in total. The number of carbonyl (C=O) groups excluding carboxylic acids is 1. The molecule has 5 rings (SSSR count). The maximum absolute atomic E-state index is 13.3. The van der Waals surface area contributed by atoms with Crippen LogP contribution in [0.3, 0.4) is 0 Å². The number of benzene rings is 1. The van der Waals surface area contributed by atoms with Gasteiger partial charge in [0.2, 0.25) is 15.9 Å². The van der Waals surface area contributed by atoms with Crippen LogP contribution in [0.4, 0.5) is 0 Å². The number of hydrogen-bond donors (Lipinski definition) is 0. The number of likely N-dealkylation sites (tertiary alicyclic amines) is 1. The van der Waals surface area contributed by atoms with Gasteiger partial charge in [-0.1, -0.05) is 12.5 Å². The van der Waals surface area contributed by atoms with Crippen molar-refractivity contribution in [2.24, 2.45) is 5.92 Å². The molecule has 1 atom stereocenters.